The predicted molar refractivity (Wildman–Crippen MR) is 56.7 cm³/mol. The first-order chi connectivity index (χ1) is 6.11. The van der Waals surface area contributed by atoms with E-state index in [1.807, 2.05) is 22.6 Å². The van der Waals surface area contributed by atoms with E-state index in [1.165, 1.54) is 0 Å². The highest BCUT2D eigenvalue weighted by molar-refractivity contribution is 14.1. The molecule has 0 saturated heterocycles. The van der Waals surface area contributed by atoms with E-state index in [1.54, 1.807) is 6.07 Å². The van der Waals surface area contributed by atoms with E-state index in [9.17, 15) is 4.39 Å². The molecule has 6 heteroatoms. The zero-order chi connectivity index (χ0) is 10.0. The van der Waals surface area contributed by atoms with Crippen LogP contribution < -0.4 is 0 Å². The largest absolute Gasteiger partial charge is 0.221 e. The summed E-state index contributed by atoms with van der Waals surface area (Å²) in [5, 5.41) is 8.36. The normalized spacial score (nSPS) is 9.77. The van der Waals surface area contributed by atoms with Gasteiger partial charge >= 0.3 is 0 Å². The summed E-state index contributed by atoms with van der Waals surface area (Å²) in [6, 6.07) is 1.71. The highest BCUT2D eigenvalue weighted by Gasteiger charge is 2.16. The van der Waals surface area contributed by atoms with Crippen LogP contribution >= 0.6 is 45.8 Å². The maximum atomic E-state index is 13.2. The van der Waals surface area contributed by atoms with Crippen molar-refractivity contribution < 1.29 is 4.39 Å². The predicted octanol–water partition coefficient (Wildman–Crippen LogP) is 3.33. The Kier molecular flexibility index (Phi) is 3.71. The van der Waals surface area contributed by atoms with Crippen LogP contribution in [0.2, 0.25) is 10.3 Å². The van der Waals surface area contributed by atoms with E-state index in [-0.39, 0.29) is 15.9 Å². The van der Waals surface area contributed by atoms with E-state index in [4.69, 9.17) is 28.5 Å². The first-order valence-corrected chi connectivity index (χ1v) is 5.39. The van der Waals surface area contributed by atoms with Crippen LogP contribution in [0.5, 0.6) is 0 Å². The van der Waals surface area contributed by atoms with Gasteiger partial charge in [-0.05, 0) is 0 Å². The number of alkyl halides is 1. The second kappa shape index (κ2) is 4.40. The van der Waals surface area contributed by atoms with E-state index >= 15 is 0 Å². The smallest absolute Gasteiger partial charge is 0.178 e. The summed E-state index contributed by atoms with van der Waals surface area (Å²) in [5.74, 6) is -0.805. The number of hydrogen-bond acceptors (Lipinski definition) is 2. The Labute approximate surface area is 97.8 Å². The fourth-order valence-corrected chi connectivity index (χ4v) is 2.22. The average molecular weight is 331 g/mol. The van der Waals surface area contributed by atoms with Gasteiger partial charge in [0.1, 0.15) is 11.2 Å². The lowest BCUT2D eigenvalue weighted by atomic mass is 10.2. The van der Waals surface area contributed by atoms with Crippen molar-refractivity contribution in [2.45, 2.75) is 4.43 Å². The van der Waals surface area contributed by atoms with Gasteiger partial charge in [0.25, 0.3) is 0 Å². The van der Waals surface area contributed by atoms with Crippen LogP contribution in [-0.4, -0.2) is 4.98 Å². The molecule has 1 heterocycles. The molecule has 0 spiro atoms. The van der Waals surface area contributed by atoms with Crippen molar-refractivity contribution in [2.75, 3.05) is 0 Å². The van der Waals surface area contributed by atoms with Crippen LogP contribution in [0.3, 0.4) is 0 Å². The van der Waals surface area contributed by atoms with Crippen LogP contribution in [0.25, 0.3) is 0 Å². The minimum Gasteiger partial charge on any atom is -0.221 e. The minimum atomic E-state index is -0.805. The number of nitrogens with zero attached hydrogens (tertiary/aromatic N) is 2. The Morgan fingerprint density at radius 1 is 1.46 bits per heavy atom. The molecule has 2 nitrogen and oxygen atoms in total. The molecule has 0 radical (unpaired) electrons. The standard InChI is InChI=1S/C7H2Cl2FIN2/c8-6-3(1-11)4(2-12)5(10)7(9)13-6/h1H2. The summed E-state index contributed by atoms with van der Waals surface area (Å²) < 4.78 is 13.6. The summed E-state index contributed by atoms with van der Waals surface area (Å²) >= 11 is 13.0. The molecular weight excluding hydrogens is 329 g/mol. The first-order valence-electron chi connectivity index (χ1n) is 3.11. The van der Waals surface area contributed by atoms with Gasteiger partial charge in [-0.2, -0.15) is 5.26 Å². The van der Waals surface area contributed by atoms with Gasteiger partial charge in [-0.3, -0.25) is 0 Å². The van der Waals surface area contributed by atoms with Gasteiger partial charge < -0.3 is 0 Å². The third-order valence-electron chi connectivity index (χ3n) is 1.39. The molecule has 0 saturated carbocycles. The topological polar surface area (TPSA) is 36.7 Å². The van der Waals surface area contributed by atoms with Crippen molar-refractivity contribution in [2.24, 2.45) is 0 Å². The lowest BCUT2D eigenvalue weighted by molar-refractivity contribution is 0.616. The van der Waals surface area contributed by atoms with Crippen LogP contribution in [0.4, 0.5) is 4.39 Å². The molecule has 0 aromatic carbocycles. The molecule has 0 aliphatic rings. The molecule has 1 aromatic rings. The lowest BCUT2D eigenvalue weighted by Crippen LogP contribution is -1.97. The van der Waals surface area contributed by atoms with Crippen molar-refractivity contribution in [1.29, 1.82) is 5.26 Å². The van der Waals surface area contributed by atoms with Gasteiger partial charge in [-0.1, -0.05) is 45.8 Å². The van der Waals surface area contributed by atoms with Crippen molar-refractivity contribution in [1.82, 2.24) is 4.98 Å². The molecule has 0 aliphatic heterocycles. The van der Waals surface area contributed by atoms with Gasteiger partial charge in [-0.15, -0.1) is 0 Å². The first kappa shape index (κ1) is 11.0. The van der Waals surface area contributed by atoms with Crippen LogP contribution in [0.15, 0.2) is 0 Å². The van der Waals surface area contributed by atoms with Crippen molar-refractivity contribution in [3.63, 3.8) is 0 Å². The van der Waals surface area contributed by atoms with E-state index in [2.05, 4.69) is 4.98 Å². The number of hydrogen-bond donors (Lipinski definition) is 0. The molecule has 0 fully saturated rings. The van der Waals surface area contributed by atoms with Crippen molar-refractivity contribution in [3.05, 3.63) is 27.3 Å². The molecule has 0 bridgehead atoms. The third kappa shape index (κ3) is 2.03. The molecule has 1 aromatic heterocycles. The van der Waals surface area contributed by atoms with Gasteiger partial charge in [0.15, 0.2) is 11.0 Å². The maximum absolute atomic E-state index is 13.2. The zero-order valence-electron chi connectivity index (χ0n) is 6.11. The molecular formula is C7H2Cl2FIN2. The van der Waals surface area contributed by atoms with E-state index < -0.39 is 5.82 Å². The summed E-state index contributed by atoms with van der Waals surface area (Å²) in [5.41, 5.74) is 0.256. The quantitative estimate of drug-likeness (QED) is 0.450. The number of pyridine rings is 1. The summed E-state index contributed by atoms with van der Waals surface area (Å²) in [7, 11) is 0. The number of rotatable bonds is 1. The molecule has 0 amide bonds. The van der Waals surface area contributed by atoms with Crippen molar-refractivity contribution >= 4 is 45.8 Å². The van der Waals surface area contributed by atoms with Gasteiger partial charge in [0.2, 0.25) is 0 Å². The van der Waals surface area contributed by atoms with E-state index in [0.29, 0.717) is 9.99 Å². The SMILES string of the molecule is N#Cc1c(F)c(Cl)nc(Cl)c1CI. The second-order valence-electron chi connectivity index (χ2n) is 2.11. The van der Waals surface area contributed by atoms with Crippen molar-refractivity contribution in [3.8, 4) is 6.07 Å². The monoisotopic (exact) mass is 330 g/mol. The Bertz CT molecular complexity index is 389. The summed E-state index contributed by atoms with van der Waals surface area (Å²) in [6.07, 6.45) is 0. The fourth-order valence-electron chi connectivity index (χ4n) is 0.780. The van der Waals surface area contributed by atoms with Crippen LogP contribution in [0.1, 0.15) is 11.1 Å². The highest BCUT2D eigenvalue weighted by Crippen LogP contribution is 2.26. The number of aromatic nitrogens is 1. The summed E-state index contributed by atoms with van der Waals surface area (Å²) in [4.78, 5) is 3.55. The van der Waals surface area contributed by atoms with Crippen LogP contribution in [0, 0.1) is 17.1 Å². The maximum Gasteiger partial charge on any atom is 0.178 e. The molecule has 0 aliphatic carbocycles. The summed E-state index contributed by atoms with van der Waals surface area (Å²) in [6.45, 7) is 0. The molecule has 13 heavy (non-hydrogen) atoms. The Hall–Kier alpha value is -0.120. The van der Waals surface area contributed by atoms with Crippen LogP contribution in [-0.2, 0) is 4.43 Å². The minimum absolute atomic E-state index is 0.0809. The third-order valence-corrected chi connectivity index (χ3v) is 2.72. The molecule has 0 unspecified atom stereocenters. The van der Waals surface area contributed by atoms with Gasteiger partial charge in [-0.25, -0.2) is 9.37 Å². The zero-order valence-corrected chi connectivity index (χ0v) is 9.78. The molecule has 0 atom stereocenters. The van der Waals surface area contributed by atoms with E-state index in [0.717, 1.165) is 0 Å². The lowest BCUT2D eigenvalue weighted by Gasteiger charge is -2.03. The Morgan fingerprint density at radius 2 is 2.08 bits per heavy atom. The average Bonchev–Trinajstić information content (AvgIpc) is 2.10. The highest BCUT2D eigenvalue weighted by atomic mass is 127. The molecule has 1 rings (SSSR count). The van der Waals surface area contributed by atoms with Gasteiger partial charge in [0, 0.05) is 9.99 Å². The Balaban J connectivity index is 3.53. The Morgan fingerprint density at radius 3 is 2.54 bits per heavy atom. The molecule has 0 N–H and O–H groups in total. The number of halogens is 4. The van der Waals surface area contributed by atoms with Gasteiger partial charge in [0.05, 0.1) is 5.56 Å². The fraction of sp³-hybridized carbons (Fsp3) is 0.143. The molecule has 68 valence electrons. The number of nitriles is 1. The second-order valence-corrected chi connectivity index (χ2v) is 3.59.